The van der Waals surface area contributed by atoms with Crippen molar-refractivity contribution in [1.29, 1.82) is 0 Å². The van der Waals surface area contributed by atoms with Gasteiger partial charge in [-0.2, -0.15) is 4.98 Å². The molecule has 0 bridgehead atoms. The van der Waals surface area contributed by atoms with E-state index in [1.807, 2.05) is 35.2 Å². The van der Waals surface area contributed by atoms with Gasteiger partial charge in [-0.15, -0.1) is 11.3 Å². The number of hydrogen-bond donors (Lipinski definition) is 0. The number of piperazine rings is 1. The topological polar surface area (TPSA) is 88.2 Å². The molecule has 1 aromatic carbocycles. The van der Waals surface area contributed by atoms with Crippen molar-refractivity contribution in [2.75, 3.05) is 26.2 Å². The van der Waals surface area contributed by atoms with Crippen LogP contribution >= 0.6 is 11.3 Å². The Morgan fingerprint density at radius 2 is 1.87 bits per heavy atom. The summed E-state index contributed by atoms with van der Waals surface area (Å²) < 4.78 is 6.50. The number of hydrogen-bond acceptors (Lipinski definition) is 8. The van der Waals surface area contributed by atoms with Gasteiger partial charge in [-0.25, -0.2) is 4.98 Å². The maximum Gasteiger partial charge on any atom is 0.227 e. The quantitative estimate of drug-likeness (QED) is 0.461. The Labute approximate surface area is 183 Å². The highest BCUT2D eigenvalue weighted by atomic mass is 32.1. The molecule has 0 atom stereocenters. The standard InChI is InChI=1S/C22H22N6O2S/c29-21(9-8-19-25-22(26-30-19)17-6-3-4-10-23-17)28-13-11-27(12-14-28)15-20-24-16-5-1-2-7-18(16)31-20/h1-7,10H,8-9,11-15H2. The zero-order valence-electron chi connectivity index (χ0n) is 17.0. The van der Waals surface area contributed by atoms with Crippen LogP contribution in [0, 0.1) is 0 Å². The molecule has 0 radical (unpaired) electrons. The summed E-state index contributed by atoms with van der Waals surface area (Å²) in [4.78, 5) is 30.2. The van der Waals surface area contributed by atoms with Crippen LogP contribution in [0.15, 0.2) is 53.2 Å². The van der Waals surface area contributed by atoms with E-state index in [0.717, 1.165) is 43.2 Å². The summed E-state index contributed by atoms with van der Waals surface area (Å²) in [7, 11) is 0. The highest BCUT2D eigenvalue weighted by Gasteiger charge is 2.22. The predicted octanol–water partition coefficient (Wildman–Crippen LogP) is 3.02. The lowest BCUT2D eigenvalue weighted by Gasteiger charge is -2.34. The van der Waals surface area contributed by atoms with Gasteiger partial charge < -0.3 is 9.42 Å². The van der Waals surface area contributed by atoms with Crippen molar-refractivity contribution in [1.82, 2.24) is 29.9 Å². The molecule has 1 aliphatic heterocycles. The van der Waals surface area contributed by atoms with Crippen LogP contribution in [0.5, 0.6) is 0 Å². The summed E-state index contributed by atoms with van der Waals surface area (Å²) in [6, 6.07) is 13.8. The molecular weight excluding hydrogens is 412 g/mol. The second kappa shape index (κ2) is 8.91. The van der Waals surface area contributed by atoms with Gasteiger partial charge in [0.1, 0.15) is 10.7 Å². The number of amides is 1. The normalized spacial score (nSPS) is 14.9. The fraction of sp³-hybridized carbons (Fsp3) is 0.318. The third-order valence-electron chi connectivity index (χ3n) is 5.34. The molecule has 1 aliphatic rings. The lowest BCUT2D eigenvalue weighted by Crippen LogP contribution is -2.48. The molecule has 0 unspecified atom stereocenters. The molecule has 31 heavy (non-hydrogen) atoms. The number of aromatic nitrogens is 4. The average Bonchev–Trinajstić information content (AvgIpc) is 3.45. The average molecular weight is 435 g/mol. The lowest BCUT2D eigenvalue weighted by molar-refractivity contribution is -0.133. The molecule has 3 aromatic heterocycles. The zero-order chi connectivity index (χ0) is 21.0. The van der Waals surface area contributed by atoms with Crippen molar-refractivity contribution in [2.45, 2.75) is 19.4 Å². The Kier molecular flexibility index (Phi) is 5.68. The summed E-state index contributed by atoms with van der Waals surface area (Å²) in [5.74, 6) is 1.03. The van der Waals surface area contributed by atoms with Crippen LogP contribution in [0.25, 0.3) is 21.7 Å². The fourth-order valence-corrected chi connectivity index (χ4v) is 4.67. The SMILES string of the molecule is O=C(CCc1nc(-c2ccccn2)no1)N1CCN(Cc2nc3ccccc3s2)CC1. The van der Waals surface area contributed by atoms with Gasteiger partial charge in [0.05, 0.1) is 16.8 Å². The molecule has 4 heterocycles. The summed E-state index contributed by atoms with van der Waals surface area (Å²) >= 11 is 1.74. The molecule has 0 N–H and O–H groups in total. The molecule has 1 saturated heterocycles. The maximum atomic E-state index is 12.6. The minimum Gasteiger partial charge on any atom is -0.340 e. The highest BCUT2D eigenvalue weighted by Crippen LogP contribution is 2.23. The van der Waals surface area contributed by atoms with E-state index in [9.17, 15) is 4.79 Å². The number of aryl methyl sites for hydroxylation is 1. The van der Waals surface area contributed by atoms with E-state index in [4.69, 9.17) is 9.51 Å². The van der Waals surface area contributed by atoms with Crippen LogP contribution < -0.4 is 0 Å². The van der Waals surface area contributed by atoms with E-state index in [0.29, 0.717) is 30.3 Å². The van der Waals surface area contributed by atoms with Crippen molar-refractivity contribution in [3.05, 3.63) is 59.6 Å². The number of fused-ring (bicyclic) bond motifs is 1. The van der Waals surface area contributed by atoms with E-state index in [-0.39, 0.29) is 5.91 Å². The van der Waals surface area contributed by atoms with Crippen LogP contribution in [0.1, 0.15) is 17.3 Å². The Morgan fingerprint density at radius 3 is 2.68 bits per heavy atom. The van der Waals surface area contributed by atoms with Crippen molar-refractivity contribution in [3.8, 4) is 11.5 Å². The number of rotatable bonds is 6. The molecule has 1 amide bonds. The van der Waals surface area contributed by atoms with Gasteiger partial charge >= 0.3 is 0 Å². The second-order valence-corrected chi connectivity index (χ2v) is 8.57. The highest BCUT2D eigenvalue weighted by molar-refractivity contribution is 7.18. The van der Waals surface area contributed by atoms with Crippen molar-refractivity contribution in [3.63, 3.8) is 0 Å². The first kappa shape index (κ1) is 19.8. The zero-order valence-corrected chi connectivity index (χ0v) is 17.8. The molecule has 0 spiro atoms. The minimum atomic E-state index is 0.122. The first-order chi connectivity index (χ1) is 15.2. The number of para-hydroxylation sites is 1. The van der Waals surface area contributed by atoms with E-state index in [2.05, 4.69) is 32.2 Å². The second-order valence-electron chi connectivity index (χ2n) is 7.46. The fourth-order valence-electron chi connectivity index (χ4n) is 3.66. The number of carbonyl (C=O) groups excluding carboxylic acids is 1. The van der Waals surface area contributed by atoms with Crippen molar-refractivity contribution >= 4 is 27.5 Å². The van der Waals surface area contributed by atoms with Crippen LogP contribution in [0.2, 0.25) is 0 Å². The molecule has 1 fully saturated rings. The molecule has 9 heteroatoms. The van der Waals surface area contributed by atoms with Gasteiger partial charge in [-0.1, -0.05) is 23.4 Å². The first-order valence-corrected chi connectivity index (χ1v) is 11.1. The van der Waals surface area contributed by atoms with Crippen LogP contribution in [-0.4, -0.2) is 62.0 Å². The molecule has 0 saturated carbocycles. The van der Waals surface area contributed by atoms with E-state index < -0.39 is 0 Å². The van der Waals surface area contributed by atoms with Crippen LogP contribution in [0.3, 0.4) is 0 Å². The molecule has 158 valence electrons. The van der Waals surface area contributed by atoms with Crippen LogP contribution in [0.4, 0.5) is 0 Å². The molecular formula is C22H22N6O2S. The van der Waals surface area contributed by atoms with Gasteiger partial charge in [-0.05, 0) is 24.3 Å². The number of benzene rings is 1. The predicted molar refractivity (Wildman–Crippen MR) is 117 cm³/mol. The molecule has 4 aromatic rings. The molecule has 0 aliphatic carbocycles. The van der Waals surface area contributed by atoms with Crippen molar-refractivity contribution in [2.24, 2.45) is 0 Å². The monoisotopic (exact) mass is 434 g/mol. The third kappa shape index (κ3) is 4.62. The number of pyridine rings is 1. The largest absolute Gasteiger partial charge is 0.340 e. The van der Waals surface area contributed by atoms with E-state index >= 15 is 0 Å². The summed E-state index contributed by atoms with van der Waals surface area (Å²) in [6.45, 7) is 4.00. The van der Waals surface area contributed by atoms with E-state index in [1.165, 1.54) is 4.70 Å². The Bertz CT molecular complexity index is 1130. The Morgan fingerprint density at radius 1 is 1.03 bits per heavy atom. The lowest BCUT2D eigenvalue weighted by atomic mass is 10.2. The summed E-state index contributed by atoms with van der Waals surface area (Å²) in [5, 5.41) is 5.08. The molecule has 5 rings (SSSR count). The number of nitrogens with zero attached hydrogens (tertiary/aromatic N) is 6. The summed E-state index contributed by atoms with van der Waals surface area (Å²) in [5.41, 5.74) is 1.72. The summed E-state index contributed by atoms with van der Waals surface area (Å²) in [6.07, 6.45) is 2.48. The maximum absolute atomic E-state index is 12.6. The third-order valence-corrected chi connectivity index (χ3v) is 6.36. The van der Waals surface area contributed by atoms with Gasteiger partial charge in [0.2, 0.25) is 17.6 Å². The van der Waals surface area contributed by atoms with Crippen LogP contribution in [-0.2, 0) is 17.8 Å². The Balaban J connectivity index is 1.10. The van der Waals surface area contributed by atoms with Gasteiger partial charge in [0.25, 0.3) is 0 Å². The van der Waals surface area contributed by atoms with Crippen molar-refractivity contribution < 1.29 is 9.32 Å². The Hall–Kier alpha value is -3.17. The number of carbonyl (C=O) groups is 1. The van der Waals surface area contributed by atoms with E-state index in [1.54, 1.807) is 17.5 Å². The molecule has 8 nitrogen and oxygen atoms in total. The van der Waals surface area contributed by atoms with Gasteiger partial charge in [-0.3, -0.25) is 14.7 Å². The minimum absolute atomic E-state index is 0.122. The van der Waals surface area contributed by atoms with Gasteiger partial charge in [0.15, 0.2) is 0 Å². The first-order valence-electron chi connectivity index (χ1n) is 10.3. The number of thiazole rings is 1. The smallest absolute Gasteiger partial charge is 0.227 e. The van der Waals surface area contributed by atoms with Gasteiger partial charge in [0, 0.05) is 45.2 Å².